The first-order valence-electron chi connectivity index (χ1n) is 10.3. The Morgan fingerprint density at radius 1 is 1.06 bits per heavy atom. The molecule has 0 atom stereocenters. The number of nitrogens with zero attached hydrogens (tertiary/aromatic N) is 4. The summed E-state index contributed by atoms with van der Waals surface area (Å²) in [6.07, 6.45) is 0. The van der Waals surface area contributed by atoms with Gasteiger partial charge in [-0.3, -0.25) is 9.69 Å². The van der Waals surface area contributed by atoms with Crippen molar-refractivity contribution in [2.24, 2.45) is 0 Å². The van der Waals surface area contributed by atoms with Gasteiger partial charge in [0.05, 0.1) is 4.43 Å². The number of aromatic nitrogens is 2. The van der Waals surface area contributed by atoms with Gasteiger partial charge in [-0.25, -0.2) is 0 Å². The Balaban J connectivity index is 1.64. The summed E-state index contributed by atoms with van der Waals surface area (Å²) in [6.45, 7) is 8.34. The minimum Gasteiger partial charge on any atom is -0.805 e. The maximum Gasteiger partial charge on any atom is 0.326 e. The molecule has 0 amide bonds. The number of fused-ring (bicyclic) bond motifs is 1. The second kappa shape index (κ2) is 8.32. The number of benzene rings is 2. The third-order valence-electron chi connectivity index (χ3n) is 6.02. The number of hydrogen-bond donors (Lipinski definition) is 0. The van der Waals surface area contributed by atoms with E-state index in [1.807, 2.05) is 38.1 Å². The van der Waals surface area contributed by atoms with Gasteiger partial charge in [-0.2, -0.15) is 0 Å². The molecule has 0 bridgehead atoms. The van der Waals surface area contributed by atoms with E-state index >= 15 is 0 Å². The van der Waals surface area contributed by atoms with Gasteiger partial charge in [-0.15, -0.1) is 0 Å². The molecule has 0 unspecified atom stereocenters. The average Bonchev–Trinajstić information content (AvgIpc) is 2.74. The van der Waals surface area contributed by atoms with Crippen molar-refractivity contribution in [2.75, 3.05) is 31.1 Å². The van der Waals surface area contributed by atoms with Crippen molar-refractivity contribution in [1.82, 2.24) is 9.63 Å². The third kappa shape index (κ3) is 4.03. The second-order valence-corrected chi connectivity index (χ2v) is 8.54. The molecular weight excluding hydrogens is 416 g/mol. The molecule has 0 spiro atoms. The van der Waals surface area contributed by atoms with Crippen LogP contribution in [0.25, 0.3) is 11.0 Å². The quantitative estimate of drug-likeness (QED) is 0.457. The number of anilines is 1. The Hall–Kier alpha value is -2.90. The highest BCUT2D eigenvalue weighted by molar-refractivity contribution is 6.30. The molecule has 1 saturated heterocycles. The fourth-order valence-corrected chi connectivity index (χ4v) is 4.23. The van der Waals surface area contributed by atoms with Crippen molar-refractivity contribution in [1.29, 1.82) is 0 Å². The monoisotopic (exact) mass is 440 g/mol. The first-order valence-corrected chi connectivity index (χ1v) is 10.7. The summed E-state index contributed by atoms with van der Waals surface area (Å²) in [7, 11) is 0. The molecule has 0 radical (unpaired) electrons. The molecule has 31 heavy (non-hydrogen) atoms. The predicted molar refractivity (Wildman–Crippen MR) is 122 cm³/mol. The normalized spacial score (nSPS) is 14.9. The lowest BCUT2D eigenvalue weighted by Crippen LogP contribution is -2.46. The number of hydrogen-bond acceptors (Lipinski definition) is 5. The van der Waals surface area contributed by atoms with Crippen molar-refractivity contribution in [3.05, 3.63) is 74.0 Å². The van der Waals surface area contributed by atoms with E-state index in [1.54, 1.807) is 12.1 Å². The van der Waals surface area contributed by atoms with Gasteiger partial charge in [0.25, 0.3) is 5.52 Å². The Morgan fingerprint density at radius 3 is 2.29 bits per heavy atom. The molecule has 2 heterocycles. The summed E-state index contributed by atoms with van der Waals surface area (Å²) < 4.78 is 1.39. The Kier molecular flexibility index (Phi) is 5.73. The van der Waals surface area contributed by atoms with E-state index in [4.69, 9.17) is 11.6 Å². The van der Waals surface area contributed by atoms with Crippen LogP contribution in [-0.4, -0.2) is 41.6 Å². The van der Waals surface area contributed by atoms with Gasteiger partial charge < -0.3 is 14.8 Å². The zero-order valence-electron chi connectivity index (χ0n) is 17.9. The average molecular weight is 441 g/mol. The third-order valence-corrected chi connectivity index (χ3v) is 6.27. The van der Waals surface area contributed by atoms with E-state index in [0.29, 0.717) is 22.5 Å². The van der Waals surface area contributed by atoms with Crippen LogP contribution in [0.5, 0.6) is 0 Å². The van der Waals surface area contributed by atoms with Gasteiger partial charge in [0.1, 0.15) is 11.2 Å². The standard InChI is InChI=1S/C23H25ClN4O3/c1-15-12-20-21(13-16(15)2)28(31)23(17(3)29)22(27(20)30)14-25-8-10-26(11-9-25)19-6-4-18(24)5-7-19/h4-7,12-13H,8-11,14H2,1-3H3. The van der Waals surface area contributed by atoms with Crippen LogP contribution in [0, 0.1) is 24.0 Å². The van der Waals surface area contributed by atoms with Gasteiger partial charge >= 0.3 is 5.69 Å². The molecule has 0 aliphatic carbocycles. The van der Waals surface area contributed by atoms with E-state index < -0.39 is 5.78 Å². The molecule has 162 valence electrons. The zero-order valence-corrected chi connectivity index (χ0v) is 18.6. The molecule has 1 aliphatic heterocycles. The number of carbonyl (C=O) groups is 1. The lowest BCUT2D eigenvalue weighted by Gasteiger charge is -2.36. The molecule has 2 aromatic carbocycles. The molecule has 1 aromatic heterocycles. The van der Waals surface area contributed by atoms with Crippen LogP contribution in [0.2, 0.25) is 5.02 Å². The lowest BCUT2D eigenvalue weighted by molar-refractivity contribution is -0.468. The van der Waals surface area contributed by atoms with Gasteiger partial charge in [0.15, 0.2) is 0 Å². The smallest absolute Gasteiger partial charge is 0.326 e. The maximum absolute atomic E-state index is 13.2. The molecule has 1 aliphatic rings. The zero-order chi connectivity index (χ0) is 22.3. The van der Waals surface area contributed by atoms with E-state index in [2.05, 4.69) is 9.80 Å². The number of halogens is 1. The Bertz CT molecular complexity index is 1210. The fourth-order valence-electron chi connectivity index (χ4n) is 4.10. The molecule has 1 fully saturated rings. The summed E-state index contributed by atoms with van der Waals surface area (Å²) in [4.78, 5) is 29.7. The van der Waals surface area contributed by atoms with Crippen molar-refractivity contribution < 1.29 is 9.22 Å². The van der Waals surface area contributed by atoms with Crippen LogP contribution >= 0.6 is 11.6 Å². The summed E-state index contributed by atoms with van der Waals surface area (Å²) in [5, 5.41) is 13.9. The Labute approximate surface area is 185 Å². The number of aryl methyl sites for hydroxylation is 2. The topological polar surface area (TPSA) is 74.5 Å². The first-order chi connectivity index (χ1) is 14.8. The molecule has 8 heteroatoms. The van der Waals surface area contributed by atoms with Crippen LogP contribution < -0.4 is 9.33 Å². The van der Waals surface area contributed by atoms with Gasteiger partial charge in [-0.1, -0.05) is 11.6 Å². The minimum atomic E-state index is -0.408. The van der Waals surface area contributed by atoms with Crippen LogP contribution in [0.4, 0.5) is 5.69 Å². The molecular formula is C23H25ClN4O3. The minimum absolute atomic E-state index is 0.0779. The number of ketones is 1. The summed E-state index contributed by atoms with van der Waals surface area (Å²) >= 11 is 5.98. The highest BCUT2D eigenvalue weighted by atomic mass is 35.5. The van der Waals surface area contributed by atoms with Crippen molar-refractivity contribution in [3.8, 4) is 0 Å². The number of carbonyl (C=O) groups excluding carboxylic acids is 1. The van der Waals surface area contributed by atoms with Gasteiger partial charge in [0, 0.05) is 61.3 Å². The van der Waals surface area contributed by atoms with E-state index in [-0.39, 0.29) is 29.0 Å². The molecule has 7 nitrogen and oxygen atoms in total. The number of Topliss-reactive ketones (excluding diaryl/α,β-unsaturated/α-hetero) is 1. The highest BCUT2D eigenvalue weighted by Gasteiger charge is 2.29. The number of piperazine rings is 1. The van der Waals surface area contributed by atoms with Crippen molar-refractivity contribution in [3.63, 3.8) is 0 Å². The summed E-state index contributed by atoms with van der Waals surface area (Å²) in [5.74, 6) is -0.408. The maximum atomic E-state index is 13.2. The van der Waals surface area contributed by atoms with Crippen molar-refractivity contribution >= 4 is 34.1 Å². The van der Waals surface area contributed by atoms with Crippen LogP contribution in [0.15, 0.2) is 36.4 Å². The highest BCUT2D eigenvalue weighted by Crippen LogP contribution is 2.23. The molecule has 0 saturated carbocycles. The fraction of sp³-hybridized carbons (Fsp3) is 0.348. The SMILES string of the molecule is CC(=O)c1c(CN2CCN(c3ccc(Cl)cc3)CC2)n([O-])c2cc(C)c(C)cc2[n+]1=O. The number of rotatable bonds is 4. The Morgan fingerprint density at radius 2 is 1.68 bits per heavy atom. The van der Waals surface area contributed by atoms with E-state index in [0.717, 1.165) is 34.6 Å². The molecule has 0 N–H and O–H groups in total. The molecule has 4 rings (SSSR count). The van der Waals surface area contributed by atoms with Crippen molar-refractivity contribution in [2.45, 2.75) is 27.3 Å². The molecule has 3 aromatic rings. The summed E-state index contributed by atoms with van der Waals surface area (Å²) in [5.41, 5.74) is 3.57. The van der Waals surface area contributed by atoms with Gasteiger partial charge in [-0.05, 0) is 55.3 Å². The van der Waals surface area contributed by atoms with Crippen LogP contribution in [-0.2, 0) is 6.54 Å². The second-order valence-electron chi connectivity index (χ2n) is 8.11. The predicted octanol–water partition coefficient (Wildman–Crippen LogP) is 3.70. The largest absolute Gasteiger partial charge is 0.805 e. The van der Waals surface area contributed by atoms with Gasteiger partial charge in [0.2, 0.25) is 5.78 Å². The lowest BCUT2D eigenvalue weighted by atomic mass is 10.1. The summed E-state index contributed by atoms with van der Waals surface area (Å²) in [6, 6.07) is 11.1. The van der Waals surface area contributed by atoms with Crippen LogP contribution in [0.1, 0.15) is 34.2 Å². The first kappa shape index (κ1) is 21.3. The van der Waals surface area contributed by atoms with Crippen LogP contribution in [0.3, 0.4) is 0 Å². The van der Waals surface area contributed by atoms with E-state index in [9.17, 15) is 14.9 Å². The van der Waals surface area contributed by atoms with E-state index in [1.165, 1.54) is 6.92 Å².